The Morgan fingerprint density at radius 3 is 2.86 bits per heavy atom. The number of aryl methyl sites for hydroxylation is 1. The summed E-state index contributed by atoms with van der Waals surface area (Å²) < 4.78 is 11.3. The van der Waals surface area contributed by atoms with Crippen molar-refractivity contribution >= 4 is 5.96 Å². The van der Waals surface area contributed by atoms with Crippen molar-refractivity contribution in [3.05, 3.63) is 29.8 Å². The van der Waals surface area contributed by atoms with E-state index in [9.17, 15) is 0 Å². The third-order valence-electron chi connectivity index (χ3n) is 3.54. The van der Waals surface area contributed by atoms with E-state index < -0.39 is 0 Å². The van der Waals surface area contributed by atoms with Crippen LogP contribution in [0.25, 0.3) is 0 Å². The fraction of sp³-hybridized carbons (Fsp3) is 0.562. The maximum Gasteiger partial charge on any atom is 0.191 e. The fourth-order valence-electron chi connectivity index (χ4n) is 2.22. The van der Waals surface area contributed by atoms with Crippen LogP contribution in [0.3, 0.4) is 0 Å². The Morgan fingerprint density at radius 1 is 1.43 bits per heavy atom. The van der Waals surface area contributed by atoms with Crippen molar-refractivity contribution in [3.63, 3.8) is 0 Å². The lowest BCUT2D eigenvalue weighted by Crippen LogP contribution is -2.45. The van der Waals surface area contributed by atoms with E-state index in [1.54, 1.807) is 0 Å². The molecule has 0 radical (unpaired) electrons. The van der Waals surface area contributed by atoms with Gasteiger partial charge in [-0.25, -0.2) is 4.99 Å². The molecule has 1 aromatic rings. The molecule has 1 saturated heterocycles. The van der Waals surface area contributed by atoms with Gasteiger partial charge in [-0.1, -0.05) is 19.1 Å². The summed E-state index contributed by atoms with van der Waals surface area (Å²) in [5, 5.41) is 0. The second kappa shape index (κ2) is 7.88. The lowest BCUT2D eigenvalue weighted by atomic mass is 10.2. The van der Waals surface area contributed by atoms with E-state index in [0.29, 0.717) is 25.7 Å². The van der Waals surface area contributed by atoms with Crippen molar-refractivity contribution in [1.82, 2.24) is 4.90 Å². The van der Waals surface area contributed by atoms with Gasteiger partial charge in [-0.3, -0.25) is 0 Å². The first kappa shape index (κ1) is 15.6. The van der Waals surface area contributed by atoms with Gasteiger partial charge in [0.1, 0.15) is 11.9 Å². The highest BCUT2D eigenvalue weighted by atomic mass is 16.5. The summed E-state index contributed by atoms with van der Waals surface area (Å²) in [5.41, 5.74) is 7.23. The highest BCUT2D eigenvalue weighted by Gasteiger charge is 2.13. The van der Waals surface area contributed by atoms with E-state index >= 15 is 0 Å². The third-order valence-corrected chi connectivity index (χ3v) is 3.54. The molecule has 1 aliphatic heterocycles. The zero-order chi connectivity index (χ0) is 15.1. The molecule has 1 fully saturated rings. The minimum absolute atomic E-state index is 0.0476. The topological polar surface area (TPSA) is 60.1 Å². The zero-order valence-electron chi connectivity index (χ0n) is 12.9. The zero-order valence-corrected chi connectivity index (χ0v) is 12.9. The monoisotopic (exact) mass is 291 g/mol. The van der Waals surface area contributed by atoms with Gasteiger partial charge in [0.2, 0.25) is 0 Å². The van der Waals surface area contributed by atoms with Gasteiger partial charge < -0.3 is 20.1 Å². The van der Waals surface area contributed by atoms with Crippen LogP contribution in [-0.2, 0) is 4.74 Å². The van der Waals surface area contributed by atoms with Gasteiger partial charge in [0, 0.05) is 13.1 Å². The lowest BCUT2D eigenvalue weighted by molar-refractivity contribution is 0.0673. The van der Waals surface area contributed by atoms with Crippen LogP contribution in [0.5, 0.6) is 5.75 Å². The van der Waals surface area contributed by atoms with Crippen LogP contribution in [0, 0.1) is 6.92 Å². The summed E-state index contributed by atoms with van der Waals surface area (Å²) in [6.07, 6.45) is 0.944. The van der Waals surface area contributed by atoms with Crippen LogP contribution >= 0.6 is 0 Å². The Hall–Kier alpha value is -1.75. The van der Waals surface area contributed by atoms with E-state index in [0.717, 1.165) is 25.3 Å². The Bertz CT molecular complexity index is 470. The van der Waals surface area contributed by atoms with Gasteiger partial charge in [0.15, 0.2) is 5.96 Å². The molecule has 0 amide bonds. The number of hydrogen-bond acceptors (Lipinski definition) is 3. The number of aliphatic imine (C=N–C) groups is 1. The molecule has 116 valence electrons. The van der Waals surface area contributed by atoms with Crippen LogP contribution < -0.4 is 10.5 Å². The molecule has 21 heavy (non-hydrogen) atoms. The summed E-state index contributed by atoms with van der Waals surface area (Å²) in [4.78, 5) is 6.54. The molecule has 2 rings (SSSR count). The molecular formula is C16H25N3O2. The summed E-state index contributed by atoms with van der Waals surface area (Å²) in [5.74, 6) is 1.48. The minimum Gasteiger partial charge on any atom is -0.489 e. The standard InChI is InChI=1S/C16H25N3O2/c1-3-14(21-15-6-4-5-13(2)11-15)12-18-16(17)19-7-9-20-10-8-19/h4-6,11,14H,3,7-10,12H2,1-2H3,(H2,17,18). The van der Waals surface area contributed by atoms with Crippen molar-refractivity contribution in [3.8, 4) is 5.75 Å². The Balaban J connectivity index is 1.89. The molecular weight excluding hydrogens is 266 g/mol. The summed E-state index contributed by atoms with van der Waals surface area (Å²) in [7, 11) is 0. The average Bonchev–Trinajstić information content (AvgIpc) is 2.52. The van der Waals surface area contributed by atoms with Crippen LogP contribution in [0.15, 0.2) is 29.3 Å². The van der Waals surface area contributed by atoms with Gasteiger partial charge in [-0.15, -0.1) is 0 Å². The molecule has 1 unspecified atom stereocenters. The molecule has 0 spiro atoms. The molecule has 1 heterocycles. The maximum absolute atomic E-state index is 6.03. The highest BCUT2D eigenvalue weighted by molar-refractivity contribution is 5.78. The minimum atomic E-state index is 0.0476. The Labute approximate surface area is 126 Å². The molecule has 1 aliphatic rings. The van der Waals surface area contributed by atoms with Crippen LogP contribution in [0.4, 0.5) is 0 Å². The smallest absolute Gasteiger partial charge is 0.191 e. The molecule has 1 aromatic carbocycles. The van der Waals surface area contributed by atoms with E-state index in [4.69, 9.17) is 15.2 Å². The second-order valence-electron chi connectivity index (χ2n) is 5.26. The van der Waals surface area contributed by atoms with Crippen molar-refractivity contribution in [2.45, 2.75) is 26.4 Å². The van der Waals surface area contributed by atoms with E-state index in [1.165, 1.54) is 5.56 Å². The molecule has 0 bridgehead atoms. The first-order valence-corrected chi connectivity index (χ1v) is 7.55. The first-order valence-electron chi connectivity index (χ1n) is 7.55. The Kier molecular flexibility index (Phi) is 5.87. The van der Waals surface area contributed by atoms with Crippen molar-refractivity contribution in [2.24, 2.45) is 10.7 Å². The first-order chi connectivity index (χ1) is 10.2. The maximum atomic E-state index is 6.03. The van der Waals surface area contributed by atoms with Crippen LogP contribution in [0.1, 0.15) is 18.9 Å². The number of nitrogens with zero attached hydrogens (tertiary/aromatic N) is 2. The van der Waals surface area contributed by atoms with Gasteiger partial charge in [-0.05, 0) is 31.0 Å². The number of nitrogens with two attached hydrogens (primary N) is 1. The predicted molar refractivity (Wildman–Crippen MR) is 84.8 cm³/mol. The highest BCUT2D eigenvalue weighted by Crippen LogP contribution is 2.15. The number of benzene rings is 1. The quantitative estimate of drug-likeness (QED) is 0.664. The third kappa shape index (κ3) is 4.93. The molecule has 5 nitrogen and oxygen atoms in total. The lowest BCUT2D eigenvalue weighted by Gasteiger charge is -2.28. The van der Waals surface area contributed by atoms with Crippen molar-refractivity contribution < 1.29 is 9.47 Å². The number of morpholine rings is 1. The average molecular weight is 291 g/mol. The summed E-state index contributed by atoms with van der Waals surface area (Å²) in [6, 6.07) is 8.08. The van der Waals surface area contributed by atoms with Gasteiger partial charge in [-0.2, -0.15) is 0 Å². The predicted octanol–water partition coefficient (Wildman–Crippen LogP) is 1.80. The number of rotatable bonds is 5. The molecule has 5 heteroatoms. The SMILES string of the molecule is CCC(CN=C(N)N1CCOCC1)Oc1cccc(C)c1. The number of hydrogen-bond donors (Lipinski definition) is 1. The van der Waals surface area contributed by atoms with E-state index in [1.807, 2.05) is 18.2 Å². The summed E-state index contributed by atoms with van der Waals surface area (Å²) in [6.45, 7) is 7.78. The molecule has 0 aromatic heterocycles. The van der Waals surface area contributed by atoms with Gasteiger partial charge in [0.25, 0.3) is 0 Å². The molecule has 0 aliphatic carbocycles. The van der Waals surface area contributed by atoms with Gasteiger partial charge >= 0.3 is 0 Å². The fourth-order valence-corrected chi connectivity index (χ4v) is 2.22. The van der Waals surface area contributed by atoms with Crippen molar-refractivity contribution in [2.75, 3.05) is 32.8 Å². The molecule has 1 atom stereocenters. The number of guanidine groups is 1. The largest absolute Gasteiger partial charge is 0.489 e. The van der Waals surface area contributed by atoms with Crippen LogP contribution in [0.2, 0.25) is 0 Å². The molecule has 0 saturated carbocycles. The summed E-state index contributed by atoms with van der Waals surface area (Å²) >= 11 is 0. The molecule has 2 N–H and O–H groups in total. The van der Waals surface area contributed by atoms with E-state index in [2.05, 4.69) is 29.8 Å². The Morgan fingerprint density at radius 2 is 2.19 bits per heavy atom. The number of ether oxygens (including phenoxy) is 2. The van der Waals surface area contributed by atoms with E-state index in [-0.39, 0.29) is 6.10 Å². The van der Waals surface area contributed by atoms with Crippen molar-refractivity contribution in [1.29, 1.82) is 0 Å². The second-order valence-corrected chi connectivity index (χ2v) is 5.26. The van der Waals surface area contributed by atoms with Gasteiger partial charge in [0.05, 0.1) is 19.8 Å². The van der Waals surface area contributed by atoms with Crippen LogP contribution in [-0.4, -0.2) is 49.8 Å². The normalized spacial score (nSPS) is 17.6.